The van der Waals surface area contributed by atoms with E-state index < -0.39 is 0 Å². The zero-order chi connectivity index (χ0) is 12.1. The third kappa shape index (κ3) is 3.60. The Morgan fingerprint density at radius 3 is 2.76 bits per heavy atom. The first kappa shape index (κ1) is 12.7. The summed E-state index contributed by atoms with van der Waals surface area (Å²) in [5.74, 6) is 0.814. The van der Waals surface area contributed by atoms with Crippen LogP contribution in [-0.2, 0) is 0 Å². The minimum atomic E-state index is 0.150. The second-order valence-corrected chi connectivity index (χ2v) is 5.36. The zero-order valence-corrected chi connectivity index (χ0v) is 10.9. The fourth-order valence-corrected chi connectivity index (χ4v) is 2.87. The summed E-state index contributed by atoms with van der Waals surface area (Å²) < 4.78 is 0. The Morgan fingerprint density at radius 1 is 1.29 bits per heavy atom. The molecule has 0 radical (unpaired) electrons. The van der Waals surface area contributed by atoms with Gasteiger partial charge >= 0.3 is 6.03 Å². The van der Waals surface area contributed by atoms with Crippen molar-refractivity contribution in [1.29, 1.82) is 0 Å². The lowest BCUT2D eigenvalue weighted by Crippen LogP contribution is -2.33. The van der Waals surface area contributed by atoms with Crippen LogP contribution >= 0.6 is 0 Å². The predicted molar refractivity (Wildman–Crippen MR) is 69.0 cm³/mol. The quantitative estimate of drug-likeness (QED) is 0.765. The molecule has 0 aromatic rings. The Kier molecular flexibility index (Phi) is 4.66. The number of urea groups is 1. The van der Waals surface area contributed by atoms with Crippen LogP contribution in [0.1, 0.15) is 39.0 Å². The van der Waals surface area contributed by atoms with Crippen molar-refractivity contribution in [3.8, 4) is 0 Å². The molecular weight excluding hydrogens is 214 g/mol. The summed E-state index contributed by atoms with van der Waals surface area (Å²) in [6.07, 6.45) is 5.97. The standard InChI is InChI=1S/C13H25N3O/c1-2-3-12-10-16(13(17)15-12)9-6-11-4-7-14-8-5-11/h11-12,14H,2-10H2,1H3,(H,15,17). The molecule has 4 heteroatoms. The van der Waals surface area contributed by atoms with E-state index in [4.69, 9.17) is 0 Å². The molecule has 0 spiro atoms. The Bertz CT molecular complexity index is 251. The predicted octanol–water partition coefficient (Wildman–Crippen LogP) is 1.57. The van der Waals surface area contributed by atoms with Gasteiger partial charge < -0.3 is 15.5 Å². The maximum Gasteiger partial charge on any atom is 0.317 e. The van der Waals surface area contributed by atoms with Crippen molar-refractivity contribution >= 4 is 6.03 Å². The molecule has 2 N–H and O–H groups in total. The lowest BCUT2D eigenvalue weighted by molar-refractivity contribution is 0.211. The summed E-state index contributed by atoms with van der Waals surface area (Å²) in [4.78, 5) is 13.7. The number of nitrogens with zero attached hydrogens (tertiary/aromatic N) is 1. The van der Waals surface area contributed by atoms with E-state index in [1.54, 1.807) is 0 Å². The van der Waals surface area contributed by atoms with E-state index in [2.05, 4.69) is 17.6 Å². The minimum Gasteiger partial charge on any atom is -0.333 e. The Balaban J connectivity index is 1.69. The second-order valence-electron chi connectivity index (χ2n) is 5.36. The van der Waals surface area contributed by atoms with E-state index in [1.807, 2.05) is 4.90 Å². The minimum absolute atomic E-state index is 0.150. The van der Waals surface area contributed by atoms with Crippen molar-refractivity contribution in [3.05, 3.63) is 0 Å². The van der Waals surface area contributed by atoms with Gasteiger partial charge in [0.05, 0.1) is 0 Å². The van der Waals surface area contributed by atoms with Gasteiger partial charge in [-0.05, 0) is 44.7 Å². The largest absolute Gasteiger partial charge is 0.333 e. The third-order valence-corrected chi connectivity index (χ3v) is 3.96. The SMILES string of the molecule is CCCC1CN(CCC2CCNCC2)C(=O)N1. The number of piperidine rings is 1. The third-order valence-electron chi connectivity index (χ3n) is 3.96. The number of carbonyl (C=O) groups is 1. The van der Waals surface area contributed by atoms with Crippen LogP contribution in [0.25, 0.3) is 0 Å². The number of rotatable bonds is 5. The van der Waals surface area contributed by atoms with Crippen LogP contribution in [0.2, 0.25) is 0 Å². The molecule has 2 heterocycles. The molecule has 0 aromatic carbocycles. The number of hydrogen-bond acceptors (Lipinski definition) is 2. The van der Waals surface area contributed by atoms with Crippen molar-refractivity contribution in [2.75, 3.05) is 26.2 Å². The van der Waals surface area contributed by atoms with Gasteiger partial charge in [-0.2, -0.15) is 0 Å². The van der Waals surface area contributed by atoms with E-state index >= 15 is 0 Å². The molecule has 98 valence electrons. The molecule has 0 bridgehead atoms. The average molecular weight is 239 g/mol. The molecule has 0 saturated carbocycles. The van der Waals surface area contributed by atoms with E-state index in [0.29, 0.717) is 6.04 Å². The molecular formula is C13H25N3O. The van der Waals surface area contributed by atoms with Crippen molar-refractivity contribution in [2.24, 2.45) is 5.92 Å². The normalized spacial score (nSPS) is 26.3. The maximum atomic E-state index is 11.7. The molecule has 2 aliphatic heterocycles. The maximum absolute atomic E-state index is 11.7. The first-order valence-corrected chi connectivity index (χ1v) is 7.05. The van der Waals surface area contributed by atoms with E-state index in [1.165, 1.54) is 19.3 Å². The molecule has 2 amide bonds. The molecule has 2 saturated heterocycles. The first-order valence-electron chi connectivity index (χ1n) is 7.05. The highest BCUT2D eigenvalue weighted by Gasteiger charge is 2.28. The van der Waals surface area contributed by atoms with E-state index in [9.17, 15) is 4.79 Å². The van der Waals surface area contributed by atoms with Crippen LogP contribution in [0.5, 0.6) is 0 Å². The summed E-state index contributed by atoms with van der Waals surface area (Å²) in [6.45, 7) is 6.32. The average Bonchev–Trinajstić information content (AvgIpc) is 2.69. The summed E-state index contributed by atoms with van der Waals surface area (Å²) >= 11 is 0. The molecule has 2 rings (SSSR count). The fraction of sp³-hybridized carbons (Fsp3) is 0.923. The highest BCUT2D eigenvalue weighted by molar-refractivity contribution is 5.76. The highest BCUT2D eigenvalue weighted by atomic mass is 16.2. The Labute approximate surface area is 104 Å². The van der Waals surface area contributed by atoms with E-state index in [0.717, 1.165) is 44.9 Å². The number of amides is 2. The van der Waals surface area contributed by atoms with Gasteiger partial charge in [-0.15, -0.1) is 0 Å². The van der Waals surface area contributed by atoms with Crippen LogP contribution in [0.4, 0.5) is 4.79 Å². The van der Waals surface area contributed by atoms with Crippen molar-refractivity contribution in [2.45, 2.75) is 45.1 Å². The molecule has 4 nitrogen and oxygen atoms in total. The van der Waals surface area contributed by atoms with Crippen molar-refractivity contribution in [3.63, 3.8) is 0 Å². The monoisotopic (exact) mass is 239 g/mol. The topological polar surface area (TPSA) is 44.4 Å². The van der Waals surface area contributed by atoms with Gasteiger partial charge in [0.2, 0.25) is 0 Å². The van der Waals surface area contributed by atoms with Crippen molar-refractivity contribution in [1.82, 2.24) is 15.5 Å². The Hall–Kier alpha value is -0.770. The lowest BCUT2D eigenvalue weighted by Gasteiger charge is -2.24. The fourth-order valence-electron chi connectivity index (χ4n) is 2.87. The van der Waals surface area contributed by atoms with Crippen LogP contribution in [0, 0.1) is 5.92 Å². The van der Waals surface area contributed by atoms with Crippen LogP contribution < -0.4 is 10.6 Å². The summed E-state index contributed by atoms with van der Waals surface area (Å²) in [7, 11) is 0. The zero-order valence-electron chi connectivity index (χ0n) is 10.9. The van der Waals surface area contributed by atoms with Crippen LogP contribution in [0.15, 0.2) is 0 Å². The summed E-state index contributed by atoms with van der Waals surface area (Å²) in [5.41, 5.74) is 0. The first-order chi connectivity index (χ1) is 8.29. The van der Waals surface area contributed by atoms with Crippen LogP contribution in [-0.4, -0.2) is 43.2 Å². The molecule has 0 aliphatic carbocycles. The van der Waals surface area contributed by atoms with Crippen molar-refractivity contribution < 1.29 is 4.79 Å². The number of nitrogens with one attached hydrogen (secondary N) is 2. The van der Waals surface area contributed by atoms with Gasteiger partial charge in [0, 0.05) is 19.1 Å². The van der Waals surface area contributed by atoms with Gasteiger partial charge in [0.15, 0.2) is 0 Å². The Morgan fingerprint density at radius 2 is 2.06 bits per heavy atom. The number of carbonyl (C=O) groups excluding carboxylic acids is 1. The number of hydrogen-bond donors (Lipinski definition) is 2. The van der Waals surface area contributed by atoms with Gasteiger partial charge in [-0.3, -0.25) is 0 Å². The molecule has 17 heavy (non-hydrogen) atoms. The molecule has 1 unspecified atom stereocenters. The molecule has 0 aromatic heterocycles. The van der Waals surface area contributed by atoms with Crippen LogP contribution in [0.3, 0.4) is 0 Å². The summed E-state index contributed by atoms with van der Waals surface area (Å²) in [6, 6.07) is 0.540. The lowest BCUT2D eigenvalue weighted by atomic mass is 9.94. The van der Waals surface area contributed by atoms with Gasteiger partial charge in [0.25, 0.3) is 0 Å². The summed E-state index contributed by atoms with van der Waals surface area (Å²) in [5, 5.41) is 6.45. The van der Waals surface area contributed by atoms with Gasteiger partial charge in [-0.1, -0.05) is 13.3 Å². The van der Waals surface area contributed by atoms with Gasteiger partial charge in [0.1, 0.15) is 0 Å². The highest BCUT2D eigenvalue weighted by Crippen LogP contribution is 2.18. The van der Waals surface area contributed by atoms with Gasteiger partial charge in [-0.25, -0.2) is 4.79 Å². The molecule has 2 aliphatic rings. The molecule has 2 fully saturated rings. The van der Waals surface area contributed by atoms with E-state index in [-0.39, 0.29) is 6.03 Å². The molecule has 1 atom stereocenters. The second kappa shape index (κ2) is 6.24. The smallest absolute Gasteiger partial charge is 0.317 e.